The van der Waals surface area contributed by atoms with Crippen molar-refractivity contribution < 1.29 is 4.74 Å². The Labute approximate surface area is 99.5 Å². The van der Waals surface area contributed by atoms with Gasteiger partial charge in [-0.3, -0.25) is 4.90 Å². The van der Waals surface area contributed by atoms with Gasteiger partial charge in [0.05, 0.1) is 6.10 Å². The quantitative estimate of drug-likeness (QED) is 0.791. The van der Waals surface area contributed by atoms with Crippen LogP contribution in [0.25, 0.3) is 0 Å². The summed E-state index contributed by atoms with van der Waals surface area (Å²) in [5, 5.41) is 3.72. The lowest BCUT2D eigenvalue weighted by Crippen LogP contribution is -2.50. The number of nitrogens with one attached hydrogen (secondary N) is 1. The van der Waals surface area contributed by atoms with Crippen LogP contribution in [0, 0.1) is 0 Å². The van der Waals surface area contributed by atoms with Crippen molar-refractivity contribution in [2.75, 3.05) is 32.8 Å². The average Bonchev–Trinajstić information content (AvgIpc) is 2.64. The molecule has 2 saturated heterocycles. The van der Waals surface area contributed by atoms with Crippen molar-refractivity contribution in [1.82, 2.24) is 10.2 Å². The highest BCUT2D eigenvalue weighted by Crippen LogP contribution is 2.24. The third-order valence-electron chi connectivity index (χ3n) is 4.07. The maximum Gasteiger partial charge on any atom is 0.0673 e. The van der Waals surface area contributed by atoms with E-state index in [0.717, 1.165) is 13.2 Å². The van der Waals surface area contributed by atoms with Gasteiger partial charge in [0.1, 0.15) is 0 Å². The summed E-state index contributed by atoms with van der Waals surface area (Å²) in [7, 11) is 0. The zero-order valence-corrected chi connectivity index (χ0v) is 10.8. The molecule has 2 fully saturated rings. The van der Waals surface area contributed by atoms with Crippen molar-refractivity contribution in [3.8, 4) is 0 Å². The van der Waals surface area contributed by atoms with Gasteiger partial charge < -0.3 is 10.1 Å². The highest BCUT2D eigenvalue weighted by atomic mass is 16.5. The second-order valence-electron chi connectivity index (χ2n) is 5.43. The maximum atomic E-state index is 5.70. The summed E-state index contributed by atoms with van der Waals surface area (Å²) in [6, 6.07) is 0. The number of hydrogen-bond donors (Lipinski definition) is 1. The predicted octanol–water partition coefficient (Wildman–Crippen LogP) is 1.63. The van der Waals surface area contributed by atoms with E-state index in [0.29, 0.717) is 11.6 Å². The lowest BCUT2D eigenvalue weighted by atomic mass is 9.93. The number of nitrogens with zero attached hydrogens (tertiary/aromatic N) is 1. The lowest BCUT2D eigenvalue weighted by Gasteiger charge is -2.35. The monoisotopic (exact) mass is 226 g/mol. The van der Waals surface area contributed by atoms with E-state index in [1.807, 2.05) is 0 Å². The maximum absolute atomic E-state index is 5.70. The van der Waals surface area contributed by atoms with Crippen LogP contribution in [-0.2, 0) is 4.74 Å². The Kier molecular flexibility index (Phi) is 4.22. The van der Waals surface area contributed by atoms with Gasteiger partial charge in [0.2, 0.25) is 0 Å². The van der Waals surface area contributed by atoms with E-state index in [2.05, 4.69) is 24.1 Å². The standard InChI is InChI=1S/C13H26N2O/c1-3-13(6-4-7-14-13)11-15-8-5-9-16-12(2)10-15/h12,14H,3-11H2,1-2H3. The van der Waals surface area contributed by atoms with Crippen LogP contribution in [0.5, 0.6) is 0 Å². The van der Waals surface area contributed by atoms with Crippen LogP contribution in [0.2, 0.25) is 0 Å². The van der Waals surface area contributed by atoms with Crippen molar-refractivity contribution in [2.24, 2.45) is 0 Å². The summed E-state index contributed by atoms with van der Waals surface area (Å²) in [4.78, 5) is 2.60. The molecule has 0 radical (unpaired) electrons. The van der Waals surface area contributed by atoms with E-state index in [1.54, 1.807) is 0 Å². The van der Waals surface area contributed by atoms with Crippen molar-refractivity contribution in [2.45, 2.75) is 51.2 Å². The van der Waals surface area contributed by atoms with Gasteiger partial charge in [0, 0.05) is 31.8 Å². The Balaban J connectivity index is 1.91. The zero-order valence-electron chi connectivity index (χ0n) is 10.8. The van der Waals surface area contributed by atoms with Gasteiger partial charge in [-0.1, -0.05) is 6.92 Å². The van der Waals surface area contributed by atoms with Gasteiger partial charge in [-0.2, -0.15) is 0 Å². The minimum absolute atomic E-state index is 0.393. The first-order valence-corrected chi connectivity index (χ1v) is 6.83. The topological polar surface area (TPSA) is 24.5 Å². The first kappa shape index (κ1) is 12.3. The number of hydrogen-bond acceptors (Lipinski definition) is 3. The molecule has 3 heteroatoms. The Morgan fingerprint density at radius 3 is 3.00 bits per heavy atom. The molecule has 0 aromatic rings. The first-order chi connectivity index (χ1) is 7.74. The van der Waals surface area contributed by atoms with E-state index < -0.39 is 0 Å². The summed E-state index contributed by atoms with van der Waals surface area (Å²) in [5.74, 6) is 0. The molecule has 1 N–H and O–H groups in total. The molecular formula is C13H26N2O. The first-order valence-electron chi connectivity index (χ1n) is 6.83. The van der Waals surface area contributed by atoms with Crippen LogP contribution >= 0.6 is 0 Å². The molecule has 16 heavy (non-hydrogen) atoms. The molecule has 2 unspecified atom stereocenters. The minimum atomic E-state index is 0.393. The molecule has 0 amide bonds. The third kappa shape index (κ3) is 2.96. The fourth-order valence-corrected chi connectivity index (χ4v) is 3.07. The molecule has 0 aromatic heterocycles. The van der Waals surface area contributed by atoms with E-state index >= 15 is 0 Å². The fraction of sp³-hybridized carbons (Fsp3) is 1.00. The SMILES string of the molecule is CCC1(CN2CCCOC(C)C2)CCCN1. The van der Waals surface area contributed by atoms with Crippen molar-refractivity contribution in [3.05, 3.63) is 0 Å². The van der Waals surface area contributed by atoms with Crippen LogP contribution in [0.15, 0.2) is 0 Å². The summed E-state index contributed by atoms with van der Waals surface area (Å²) in [6.07, 6.45) is 5.52. The normalized spacial score (nSPS) is 37.5. The van der Waals surface area contributed by atoms with Gasteiger partial charge in [-0.15, -0.1) is 0 Å². The molecule has 2 atom stereocenters. The Bertz CT molecular complexity index is 214. The van der Waals surface area contributed by atoms with Gasteiger partial charge in [0.25, 0.3) is 0 Å². The van der Waals surface area contributed by atoms with Gasteiger partial charge in [0.15, 0.2) is 0 Å². The van der Waals surface area contributed by atoms with E-state index in [9.17, 15) is 0 Å². The van der Waals surface area contributed by atoms with Crippen LogP contribution in [0.1, 0.15) is 39.5 Å². The zero-order chi connectivity index (χ0) is 11.4. The largest absolute Gasteiger partial charge is 0.377 e. The molecule has 0 saturated carbocycles. The van der Waals surface area contributed by atoms with E-state index in [-0.39, 0.29) is 0 Å². The van der Waals surface area contributed by atoms with Gasteiger partial charge >= 0.3 is 0 Å². The molecule has 2 rings (SSSR count). The highest BCUT2D eigenvalue weighted by Gasteiger charge is 2.33. The number of rotatable bonds is 3. The van der Waals surface area contributed by atoms with Crippen LogP contribution in [0.3, 0.4) is 0 Å². The van der Waals surface area contributed by atoms with Crippen molar-refractivity contribution in [1.29, 1.82) is 0 Å². The molecule has 0 spiro atoms. The summed E-state index contributed by atoms with van der Waals surface area (Å²) < 4.78 is 5.70. The molecule has 0 aromatic carbocycles. The number of ether oxygens (including phenoxy) is 1. The molecule has 2 aliphatic rings. The van der Waals surface area contributed by atoms with Gasteiger partial charge in [-0.25, -0.2) is 0 Å². The predicted molar refractivity (Wildman–Crippen MR) is 66.7 cm³/mol. The van der Waals surface area contributed by atoms with Crippen molar-refractivity contribution in [3.63, 3.8) is 0 Å². The Hall–Kier alpha value is -0.120. The molecule has 0 aliphatic carbocycles. The summed E-state index contributed by atoms with van der Waals surface area (Å²) >= 11 is 0. The Morgan fingerprint density at radius 1 is 1.44 bits per heavy atom. The molecule has 94 valence electrons. The minimum Gasteiger partial charge on any atom is -0.377 e. The summed E-state index contributed by atoms with van der Waals surface area (Å²) in [5.41, 5.74) is 0.393. The fourth-order valence-electron chi connectivity index (χ4n) is 3.07. The van der Waals surface area contributed by atoms with Gasteiger partial charge in [-0.05, 0) is 39.2 Å². The Morgan fingerprint density at radius 2 is 2.31 bits per heavy atom. The molecule has 2 heterocycles. The van der Waals surface area contributed by atoms with Crippen LogP contribution in [0.4, 0.5) is 0 Å². The molecular weight excluding hydrogens is 200 g/mol. The van der Waals surface area contributed by atoms with E-state index in [4.69, 9.17) is 4.74 Å². The van der Waals surface area contributed by atoms with Crippen molar-refractivity contribution >= 4 is 0 Å². The molecule has 0 bridgehead atoms. The smallest absolute Gasteiger partial charge is 0.0673 e. The highest BCUT2D eigenvalue weighted by molar-refractivity contribution is 4.94. The van der Waals surface area contributed by atoms with Crippen LogP contribution in [-0.4, -0.2) is 49.3 Å². The van der Waals surface area contributed by atoms with Crippen LogP contribution < -0.4 is 5.32 Å². The summed E-state index contributed by atoms with van der Waals surface area (Å²) in [6.45, 7) is 10.2. The molecule has 3 nitrogen and oxygen atoms in total. The second kappa shape index (κ2) is 5.48. The molecule has 2 aliphatic heterocycles. The third-order valence-corrected chi connectivity index (χ3v) is 4.07. The lowest BCUT2D eigenvalue weighted by molar-refractivity contribution is 0.0632. The second-order valence-corrected chi connectivity index (χ2v) is 5.43. The van der Waals surface area contributed by atoms with E-state index in [1.165, 1.54) is 45.3 Å². The average molecular weight is 226 g/mol.